The lowest BCUT2D eigenvalue weighted by atomic mass is 9.98. The van der Waals surface area contributed by atoms with Crippen molar-refractivity contribution in [2.45, 2.75) is 19.4 Å². The third-order valence-corrected chi connectivity index (χ3v) is 2.40. The number of fused-ring (bicyclic) bond motifs is 1. The normalized spacial score (nSPS) is 22.2. The number of aromatic nitrogens is 3. The summed E-state index contributed by atoms with van der Waals surface area (Å²) in [7, 11) is 0. The fraction of sp³-hybridized carbons (Fsp3) is 0.714. The predicted molar refractivity (Wildman–Crippen MR) is 43.7 cm³/mol. The first-order chi connectivity index (χ1) is 5.81. The zero-order chi connectivity index (χ0) is 8.55. The SMILES string of the molecule is NCC1CCn2c(n[nH]c2=O)C1. The first-order valence-electron chi connectivity index (χ1n) is 4.15. The van der Waals surface area contributed by atoms with Crippen molar-refractivity contribution < 1.29 is 0 Å². The number of aromatic amines is 1. The Balaban J connectivity index is 2.30. The van der Waals surface area contributed by atoms with E-state index in [1.807, 2.05) is 0 Å². The molecule has 5 nitrogen and oxygen atoms in total. The smallest absolute Gasteiger partial charge is 0.330 e. The number of nitrogens with two attached hydrogens (primary N) is 1. The lowest BCUT2D eigenvalue weighted by Gasteiger charge is -2.19. The van der Waals surface area contributed by atoms with E-state index in [0.29, 0.717) is 12.5 Å². The molecular weight excluding hydrogens is 156 g/mol. The highest BCUT2D eigenvalue weighted by Crippen LogP contribution is 2.14. The van der Waals surface area contributed by atoms with E-state index < -0.39 is 0 Å². The maximum Gasteiger partial charge on any atom is 0.343 e. The van der Waals surface area contributed by atoms with E-state index >= 15 is 0 Å². The van der Waals surface area contributed by atoms with Crippen LogP contribution in [-0.2, 0) is 13.0 Å². The van der Waals surface area contributed by atoms with Gasteiger partial charge in [-0.15, -0.1) is 0 Å². The van der Waals surface area contributed by atoms with E-state index in [2.05, 4.69) is 10.2 Å². The maximum atomic E-state index is 11.1. The molecule has 3 N–H and O–H groups in total. The summed E-state index contributed by atoms with van der Waals surface area (Å²) in [4.78, 5) is 11.1. The Kier molecular flexibility index (Phi) is 1.73. The summed E-state index contributed by atoms with van der Waals surface area (Å²) in [5, 5.41) is 6.36. The van der Waals surface area contributed by atoms with E-state index in [4.69, 9.17) is 5.73 Å². The molecule has 1 aliphatic rings. The maximum absolute atomic E-state index is 11.1. The molecule has 1 aromatic rings. The molecule has 1 aromatic heterocycles. The van der Waals surface area contributed by atoms with E-state index in [0.717, 1.165) is 25.2 Å². The monoisotopic (exact) mass is 168 g/mol. The minimum atomic E-state index is -0.0968. The molecule has 2 heterocycles. The van der Waals surface area contributed by atoms with Crippen molar-refractivity contribution in [1.29, 1.82) is 0 Å². The van der Waals surface area contributed by atoms with Crippen LogP contribution in [0, 0.1) is 5.92 Å². The van der Waals surface area contributed by atoms with E-state index in [1.165, 1.54) is 0 Å². The molecule has 1 aliphatic heterocycles. The Hall–Kier alpha value is -1.10. The summed E-state index contributed by atoms with van der Waals surface area (Å²) < 4.78 is 1.69. The summed E-state index contributed by atoms with van der Waals surface area (Å²) in [6.45, 7) is 1.44. The molecule has 2 rings (SSSR count). The van der Waals surface area contributed by atoms with Crippen LogP contribution in [0.2, 0.25) is 0 Å². The second kappa shape index (κ2) is 2.75. The van der Waals surface area contributed by atoms with Gasteiger partial charge in [-0.25, -0.2) is 9.89 Å². The van der Waals surface area contributed by atoms with Crippen LogP contribution in [-0.4, -0.2) is 21.3 Å². The molecule has 0 fully saturated rings. The number of nitrogens with zero attached hydrogens (tertiary/aromatic N) is 2. The highest BCUT2D eigenvalue weighted by Gasteiger charge is 2.19. The van der Waals surface area contributed by atoms with Gasteiger partial charge >= 0.3 is 5.69 Å². The summed E-state index contributed by atoms with van der Waals surface area (Å²) in [6, 6.07) is 0. The summed E-state index contributed by atoms with van der Waals surface area (Å²) in [5.41, 5.74) is 5.45. The molecule has 0 radical (unpaired) electrons. The zero-order valence-electron chi connectivity index (χ0n) is 6.79. The lowest BCUT2D eigenvalue weighted by molar-refractivity contribution is 0.385. The summed E-state index contributed by atoms with van der Waals surface area (Å²) in [5.74, 6) is 1.34. The molecule has 1 atom stereocenters. The molecule has 0 amide bonds. The molecule has 12 heavy (non-hydrogen) atoms. The Morgan fingerprint density at radius 2 is 2.58 bits per heavy atom. The topological polar surface area (TPSA) is 76.7 Å². The molecule has 0 aliphatic carbocycles. The van der Waals surface area contributed by atoms with Crippen LogP contribution in [0.5, 0.6) is 0 Å². The largest absolute Gasteiger partial charge is 0.343 e. The fourth-order valence-corrected chi connectivity index (χ4v) is 1.61. The van der Waals surface area contributed by atoms with Crippen molar-refractivity contribution in [1.82, 2.24) is 14.8 Å². The van der Waals surface area contributed by atoms with E-state index in [-0.39, 0.29) is 5.69 Å². The number of H-pyrrole nitrogens is 1. The van der Waals surface area contributed by atoms with Crippen LogP contribution in [0.3, 0.4) is 0 Å². The van der Waals surface area contributed by atoms with Crippen LogP contribution < -0.4 is 11.4 Å². The third-order valence-electron chi connectivity index (χ3n) is 2.40. The van der Waals surface area contributed by atoms with Crippen molar-refractivity contribution in [2.75, 3.05) is 6.54 Å². The molecule has 1 unspecified atom stereocenters. The predicted octanol–water partition coefficient (Wildman–Crippen LogP) is -0.908. The lowest BCUT2D eigenvalue weighted by Crippen LogP contribution is -2.29. The highest BCUT2D eigenvalue weighted by molar-refractivity contribution is 4.92. The third kappa shape index (κ3) is 1.06. The van der Waals surface area contributed by atoms with Crippen LogP contribution in [0.25, 0.3) is 0 Å². The Labute approximate surface area is 69.6 Å². The average molecular weight is 168 g/mol. The number of nitrogens with one attached hydrogen (secondary N) is 1. The Morgan fingerprint density at radius 3 is 3.33 bits per heavy atom. The van der Waals surface area contributed by atoms with Crippen LogP contribution >= 0.6 is 0 Å². The molecular formula is C7H12N4O. The van der Waals surface area contributed by atoms with Crippen molar-refractivity contribution in [3.05, 3.63) is 16.3 Å². The first kappa shape index (κ1) is 7.54. The summed E-state index contributed by atoms with van der Waals surface area (Å²) >= 11 is 0. The van der Waals surface area contributed by atoms with Crippen LogP contribution in [0.1, 0.15) is 12.2 Å². The minimum Gasteiger partial charge on any atom is -0.330 e. The molecule has 0 spiro atoms. The molecule has 0 saturated heterocycles. The minimum absolute atomic E-state index is 0.0968. The van der Waals surface area contributed by atoms with Crippen molar-refractivity contribution in [2.24, 2.45) is 11.7 Å². The van der Waals surface area contributed by atoms with Gasteiger partial charge in [0.2, 0.25) is 0 Å². The molecule has 0 bridgehead atoms. The van der Waals surface area contributed by atoms with Crippen molar-refractivity contribution >= 4 is 0 Å². The standard InChI is InChI=1S/C7H12N4O/c8-4-5-1-2-11-6(3-5)9-10-7(11)12/h5H,1-4,8H2,(H,10,12). The van der Waals surface area contributed by atoms with Gasteiger partial charge in [-0.2, -0.15) is 5.10 Å². The van der Waals surface area contributed by atoms with Gasteiger partial charge in [-0.05, 0) is 18.9 Å². The van der Waals surface area contributed by atoms with Gasteiger partial charge in [0, 0.05) is 13.0 Å². The van der Waals surface area contributed by atoms with Crippen molar-refractivity contribution in [3.8, 4) is 0 Å². The second-order valence-electron chi connectivity index (χ2n) is 3.19. The Bertz CT molecular complexity index is 326. The van der Waals surface area contributed by atoms with Gasteiger partial charge in [0.1, 0.15) is 5.82 Å². The van der Waals surface area contributed by atoms with Gasteiger partial charge in [-0.3, -0.25) is 4.57 Å². The van der Waals surface area contributed by atoms with E-state index in [9.17, 15) is 4.79 Å². The molecule has 0 aromatic carbocycles. The number of rotatable bonds is 1. The van der Waals surface area contributed by atoms with E-state index in [1.54, 1.807) is 4.57 Å². The first-order valence-corrected chi connectivity index (χ1v) is 4.15. The second-order valence-corrected chi connectivity index (χ2v) is 3.19. The quantitative estimate of drug-likeness (QED) is 0.570. The van der Waals surface area contributed by atoms with Gasteiger partial charge < -0.3 is 5.73 Å². The van der Waals surface area contributed by atoms with Gasteiger partial charge in [0.05, 0.1) is 0 Å². The zero-order valence-corrected chi connectivity index (χ0v) is 6.79. The number of hydrogen-bond acceptors (Lipinski definition) is 3. The van der Waals surface area contributed by atoms with Crippen LogP contribution in [0.4, 0.5) is 0 Å². The van der Waals surface area contributed by atoms with Crippen LogP contribution in [0.15, 0.2) is 4.79 Å². The molecule has 0 saturated carbocycles. The van der Waals surface area contributed by atoms with Gasteiger partial charge in [0.25, 0.3) is 0 Å². The van der Waals surface area contributed by atoms with Gasteiger partial charge in [-0.1, -0.05) is 0 Å². The molecule has 5 heteroatoms. The fourth-order valence-electron chi connectivity index (χ4n) is 1.61. The van der Waals surface area contributed by atoms with Gasteiger partial charge in [0.15, 0.2) is 0 Å². The van der Waals surface area contributed by atoms with Crippen molar-refractivity contribution in [3.63, 3.8) is 0 Å². The molecule has 66 valence electrons. The summed E-state index contributed by atoms with van der Waals surface area (Å²) in [6.07, 6.45) is 1.82. The average Bonchev–Trinajstić information content (AvgIpc) is 2.47. The Morgan fingerprint density at radius 1 is 1.75 bits per heavy atom. The number of hydrogen-bond donors (Lipinski definition) is 2. The highest BCUT2D eigenvalue weighted by atomic mass is 16.1.